The second kappa shape index (κ2) is 5.51. The molecule has 0 saturated carbocycles. The van der Waals surface area contributed by atoms with Gasteiger partial charge in [-0.15, -0.1) is 0 Å². The molecule has 1 aliphatic heterocycles. The second-order valence-corrected chi connectivity index (χ2v) is 5.05. The molecule has 4 nitrogen and oxygen atoms in total. The first kappa shape index (κ1) is 12.9. The lowest BCUT2D eigenvalue weighted by molar-refractivity contribution is 0.391. The highest BCUT2D eigenvalue weighted by Crippen LogP contribution is 2.33. The van der Waals surface area contributed by atoms with Gasteiger partial charge in [-0.05, 0) is 24.1 Å². The van der Waals surface area contributed by atoms with Gasteiger partial charge in [0.05, 0.1) is 7.11 Å². The fourth-order valence-electron chi connectivity index (χ4n) is 2.76. The van der Waals surface area contributed by atoms with Crippen LogP contribution in [-0.2, 0) is 6.54 Å². The van der Waals surface area contributed by atoms with Crippen molar-refractivity contribution in [3.05, 3.63) is 53.7 Å². The maximum Gasteiger partial charge on any atom is 0.218 e. The maximum absolute atomic E-state index is 6.19. The molecule has 104 valence electrons. The summed E-state index contributed by atoms with van der Waals surface area (Å²) in [6.45, 7) is 1.75. The summed E-state index contributed by atoms with van der Waals surface area (Å²) < 4.78 is 5.33. The van der Waals surface area contributed by atoms with E-state index in [1.54, 1.807) is 13.3 Å². The van der Waals surface area contributed by atoms with Crippen LogP contribution in [0.2, 0.25) is 0 Å². The number of nitrogens with zero attached hydrogens (tertiary/aromatic N) is 2. The number of methoxy groups -OCH3 is 1. The van der Waals surface area contributed by atoms with Crippen molar-refractivity contribution in [3.63, 3.8) is 0 Å². The van der Waals surface area contributed by atoms with E-state index in [1.807, 2.05) is 12.1 Å². The van der Waals surface area contributed by atoms with Gasteiger partial charge in [0.1, 0.15) is 0 Å². The number of rotatable bonds is 3. The topological polar surface area (TPSA) is 51.4 Å². The third kappa shape index (κ3) is 2.34. The van der Waals surface area contributed by atoms with Gasteiger partial charge >= 0.3 is 0 Å². The van der Waals surface area contributed by atoms with E-state index in [-0.39, 0.29) is 6.04 Å². The Hall–Kier alpha value is -2.07. The lowest BCUT2D eigenvalue weighted by Crippen LogP contribution is -2.33. The highest BCUT2D eigenvalue weighted by molar-refractivity contribution is 5.57. The Balaban J connectivity index is 1.91. The first-order chi connectivity index (χ1) is 9.79. The number of hydrogen-bond acceptors (Lipinski definition) is 4. The minimum atomic E-state index is 0.137. The van der Waals surface area contributed by atoms with Gasteiger partial charge in [0.2, 0.25) is 5.88 Å². The van der Waals surface area contributed by atoms with E-state index >= 15 is 0 Å². The SMILES string of the molecule is COc1ncccc1CN1CCC(N)c2ccccc21. The van der Waals surface area contributed by atoms with Crippen molar-refractivity contribution in [1.82, 2.24) is 4.98 Å². The van der Waals surface area contributed by atoms with E-state index in [9.17, 15) is 0 Å². The zero-order valence-electron chi connectivity index (χ0n) is 11.6. The zero-order chi connectivity index (χ0) is 13.9. The van der Waals surface area contributed by atoms with Gasteiger partial charge in [0.15, 0.2) is 0 Å². The molecule has 0 radical (unpaired) electrons. The number of fused-ring (bicyclic) bond motifs is 1. The highest BCUT2D eigenvalue weighted by Gasteiger charge is 2.22. The molecule has 3 rings (SSSR count). The van der Waals surface area contributed by atoms with E-state index < -0.39 is 0 Å². The standard InChI is InChI=1S/C16H19N3O/c1-20-16-12(5-4-9-18-16)11-19-10-8-14(17)13-6-2-3-7-15(13)19/h2-7,9,14H,8,10-11,17H2,1H3. The van der Waals surface area contributed by atoms with E-state index in [1.165, 1.54) is 11.3 Å². The van der Waals surface area contributed by atoms with Crippen LogP contribution in [0.15, 0.2) is 42.6 Å². The quantitative estimate of drug-likeness (QED) is 0.930. The van der Waals surface area contributed by atoms with Crippen LogP contribution >= 0.6 is 0 Å². The molecule has 4 heteroatoms. The summed E-state index contributed by atoms with van der Waals surface area (Å²) in [5, 5.41) is 0. The molecule has 0 spiro atoms. The highest BCUT2D eigenvalue weighted by atomic mass is 16.5. The predicted octanol–water partition coefficient (Wildman–Crippen LogP) is 2.50. The van der Waals surface area contributed by atoms with Crippen LogP contribution < -0.4 is 15.4 Å². The first-order valence-corrected chi connectivity index (χ1v) is 6.87. The van der Waals surface area contributed by atoms with E-state index in [0.29, 0.717) is 5.88 Å². The average Bonchev–Trinajstić information content (AvgIpc) is 2.51. The maximum atomic E-state index is 6.19. The summed E-state index contributed by atoms with van der Waals surface area (Å²) in [6.07, 6.45) is 2.72. The Labute approximate surface area is 119 Å². The average molecular weight is 269 g/mol. The molecule has 2 aromatic rings. The third-order valence-electron chi connectivity index (χ3n) is 3.79. The van der Waals surface area contributed by atoms with Crippen LogP contribution in [0.1, 0.15) is 23.6 Å². The summed E-state index contributed by atoms with van der Waals surface area (Å²) in [7, 11) is 1.66. The lowest BCUT2D eigenvalue weighted by Gasteiger charge is -2.34. The summed E-state index contributed by atoms with van der Waals surface area (Å²) in [4.78, 5) is 6.61. The number of benzene rings is 1. The van der Waals surface area contributed by atoms with E-state index in [4.69, 9.17) is 10.5 Å². The Kier molecular flexibility index (Phi) is 3.56. The fraction of sp³-hybridized carbons (Fsp3) is 0.312. The van der Waals surface area contributed by atoms with Crippen LogP contribution in [0.3, 0.4) is 0 Å². The van der Waals surface area contributed by atoms with Gasteiger partial charge in [-0.25, -0.2) is 4.98 Å². The van der Waals surface area contributed by atoms with Gasteiger partial charge in [-0.2, -0.15) is 0 Å². The fourth-order valence-corrected chi connectivity index (χ4v) is 2.76. The molecule has 1 aromatic carbocycles. The Morgan fingerprint density at radius 3 is 3.00 bits per heavy atom. The van der Waals surface area contributed by atoms with Gasteiger partial charge in [-0.1, -0.05) is 24.3 Å². The van der Waals surface area contributed by atoms with Gasteiger partial charge in [0, 0.05) is 36.6 Å². The number of pyridine rings is 1. The molecule has 0 aliphatic carbocycles. The van der Waals surface area contributed by atoms with Crippen molar-refractivity contribution in [2.45, 2.75) is 19.0 Å². The lowest BCUT2D eigenvalue weighted by atomic mass is 9.97. The van der Waals surface area contributed by atoms with Crippen LogP contribution in [0.4, 0.5) is 5.69 Å². The van der Waals surface area contributed by atoms with Crippen LogP contribution in [0.25, 0.3) is 0 Å². The molecule has 0 fully saturated rings. The van der Waals surface area contributed by atoms with Crippen molar-refractivity contribution >= 4 is 5.69 Å². The molecule has 20 heavy (non-hydrogen) atoms. The smallest absolute Gasteiger partial charge is 0.218 e. The zero-order valence-corrected chi connectivity index (χ0v) is 11.6. The molecule has 1 aromatic heterocycles. The number of anilines is 1. The molecule has 1 atom stereocenters. The minimum absolute atomic E-state index is 0.137. The summed E-state index contributed by atoms with van der Waals surface area (Å²) in [6, 6.07) is 12.5. The predicted molar refractivity (Wildman–Crippen MR) is 79.8 cm³/mol. The van der Waals surface area contributed by atoms with Crippen molar-refractivity contribution in [2.75, 3.05) is 18.6 Å². The molecule has 2 N–H and O–H groups in total. The largest absolute Gasteiger partial charge is 0.481 e. The number of nitrogens with two attached hydrogens (primary N) is 1. The molecule has 0 amide bonds. The van der Waals surface area contributed by atoms with E-state index in [2.05, 4.69) is 34.1 Å². The van der Waals surface area contributed by atoms with Crippen molar-refractivity contribution in [3.8, 4) is 5.88 Å². The molecular formula is C16H19N3O. The van der Waals surface area contributed by atoms with Crippen molar-refractivity contribution in [2.24, 2.45) is 5.73 Å². The van der Waals surface area contributed by atoms with Crippen molar-refractivity contribution < 1.29 is 4.74 Å². The third-order valence-corrected chi connectivity index (χ3v) is 3.79. The number of hydrogen-bond donors (Lipinski definition) is 1. The van der Waals surface area contributed by atoms with Crippen LogP contribution in [-0.4, -0.2) is 18.6 Å². The van der Waals surface area contributed by atoms with Crippen LogP contribution in [0.5, 0.6) is 5.88 Å². The van der Waals surface area contributed by atoms with Gasteiger partial charge in [0.25, 0.3) is 0 Å². The number of ether oxygens (including phenoxy) is 1. The Morgan fingerprint density at radius 1 is 1.30 bits per heavy atom. The molecule has 2 heterocycles. The Bertz CT molecular complexity index is 600. The summed E-state index contributed by atoms with van der Waals surface area (Å²) in [5.74, 6) is 0.694. The molecule has 0 saturated heterocycles. The monoisotopic (exact) mass is 269 g/mol. The van der Waals surface area contributed by atoms with Gasteiger partial charge in [-0.3, -0.25) is 0 Å². The molecule has 0 bridgehead atoms. The summed E-state index contributed by atoms with van der Waals surface area (Å²) in [5.41, 5.74) is 9.74. The Morgan fingerprint density at radius 2 is 2.15 bits per heavy atom. The van der Waals surface area contributed by atoms with Gasteiger partial charge < -0.3 is 15.4 Å². The molecular weight excluding hydrogens is 250 g/mol. The first-order valence-electron chi connectivity index (χ1n) is 6.87. The number of aromatic nitrogens is 1. The van der Waals surface area contributed by atoms with E-state index in [0.717, 1.165) is 25.1 Å². The van der Waals surface area contributed by atoms with Crippen molar-refractivity contribution in [1.29, 1.82) is 0 Å². The molecule has 1 aliphatic rings. The normalized spacial score (nSPS) is 17.7. The minimum Gasteiger partial charge on any atom is -0.481 e. The second-order valence-electron chi connectivity index (χ2n) is 5.05. The van der Waals surface area contributed by atoms with Crippen LogP contribution in [0, 0.1) is 0 Å². The number of para-hydroxylation sites is 1. The molecule has 1 unspecified atom stereocenters. The summed E-state index contributed by atoms with van der Waals surface area (Å²) >= 11 is 0.